The Morgan fingerprint density at radius 3 is 2.46 bits per heavy atom. The maximum atomic E-state index is 12.1. The molecule has 0 aliphatic carbocycles. The Morgan fingerprint density at radius 2 is 1.71 bits per heavy atom. The highest BCUT2D eigenvalue weighted by atomic mass is 16.2. The lowest BCUT2D eigenvalue weighted by molar-refractivity contribution is 0.313. The number of benzene rings is 1. The minimum absolute atomic E-state index is 0.393. The van der Waals surface area contributed by atoms with Crippen LogP contribution in [0.15, 0.2) is 46.2 Å². The molecular formula is C17H19N5O2. The van der Waals surface area contributed by atoms with Crippen LogP contribution in [0.3, 0.4) is 0 Å². The number of nitrogens with zero attached hydrogens (tertiary/aromatic N) is 3. The predicted molar refractivity (Wildman–Crippen MR) is 94.2 cm³/mol. The summed E-state index contributed by atoms with van der Waals surface area (Å²) in [6, 6.07) is 7.29. The van der Waals surface area contributed by atoms with Crippen LogP contribution in [-0.4, -0.2) is 52.7 Å². The summed E-state index contributed by atoms with van der Waals surface area (Å²) < 4.78 is 1.46. The Morgan fingerprint density at radius 1 is 0.958 bits per heavy atom. The molecule has 3 heterocycles. The molecule has 7 nitrogen and oxygen atoms in total. The zero-order chi connectivity index (χ0) is 16.7. The molecule has 2 N–H and O–H groups in total. The van der Waals surface area contributed by atoms with Gasteiger partial charge in [0.2, 0.25) is 0 Å². The Labute approximate surface area is 138 Å². The molecule has 3 aromatic rings. The molecule has 1 saturated heterocycles. The monoisotopic (exact) mass is 325 g/mol. The fourth-order valence-electron chi connectivity index (χ4n) is 3.25. The van der Waals surface area contributed by atoms with Crippen LogP contribution in [-0.2, 0) is 0 Å². The Balaban J connectivity index is 1.83. The molecule has 124 valence electrons. The van der Waals surface area contributed by atoms with Crippen molar-refractivity contribution in [3.63, 3.8) is 0 Å². The van der Waals surface area contributed by atoms with E-state index in [1.807, 2.05) is 24.4 Å². The first-order valence-corrected chi connectivity index (χ1v) is 7.99. The van der Waals surface area contributed by atoms with Crippen molar-refractivity contribution in [3.8, 4) is 5.69 Å². The van der Waals surface area contributed by atoms with Gasteiger partial charge in [0.05, 0.1) is 16.9 Å². The summed E-state index contributed by atoms with van der Waals surface area (Å²) >= 11 is 0. The molecule has 0 atom stereocenters. The standard InChI is InChI=1S/C17H19N5O2/c1-20-8-10-21(11-9-20)14-3-2-13(12-4-6-18-16(12)14)22-7-5-15(23)19-17(22)24/h2-7,18H,8-11H2,1H3,(H,19,23,24). The van der Waals surface area contributed by atoms with E-state index in [9.17, 15) is 9.59 Å². The smallest absolute Gasteiger partial charge is 0.332 e. The van der Waals surface area contributed by atoms with Gasteiger partial charge in [-0.3, -0.25) is 14.3 Å². The number of hydrogen-bond donors (Lipinski definition) is 2. The van der Waals surface area contributed by atoms with Crippen molar-refractivity contribution in [2.24, 2.45) is 0 Å². The Bertz CT molecular complexity index is 992. The van der Waals surface area contributed by atoms with E-state index in [1.165, 1.54) is 16.8 Å². The normalized spacial score (nSPS) is 16.0. The lowest BCUT2D eigenvalue weighted by Crippen LogP contribution is -2.44. The minimum Gasteiger partial charge on any atom is -0.367 e. The molecule has 2 aromatic heterocycles. The molecule has 0 amide bonds. The van der Waals surface area contributed by atoms with Gasteiger partial charge < -0.3 is 14.8 Å². The quantitative estimate of drug-likeness (QED) is 0.729. The molecule has 0 saturated carbocycles. The summed E-state index contributed by atoms with van der Waals surface area (Å²) in [7, 11) is 2.13. The van der Waals surface area contributed by atoms with E-state index in [4.69, 9.17) is 0 Å². The first kappa shape index (κ1) is 14.8. The van der Waals surface area contributed by atoms with Gasteiger partial charge in [-0.25, -0.2) is 4.79 Å². The van der Waals surface area contributed by atoms with Crippen molar-refractivity contribution in [1.29, 1.82) is 0 Å². The third-order valence-electron chi connectivity index (χ3n) is 4.61. The van der Waals surface area contributed by atoms with E-state index in [0.29, 0.717) is 0 Å². The van der Waals surface area contributed by atoms with E-state index >= 15 is 0 Å². The average molecular weight is 325 g/mol. The van der Waals surface area contributed by atoms with Gasteiger partial charge in [-0.15, -0.1) is 0 Å². The third-order valence-corrected chi connectivity index (χ3v) is 4.61. The summed E-state index contributed by atoms with van der Waals surface area (Å²) in [6.07, 6.45) is 3.39. The van der Waals surface area contributed by atoms with Crippen molar-refractivity contribution in [2.75, 3.05) is 38.1 Å². The van der Waals surface area contributed by atoms with Crippen LogP contribution < -0.4 is 16.1 Å². The maximum Gasteiger partial charge on any atom is 0.332 e. The molecule has 0 radical (unpaired) electrons. The second-order valence-corrected chi connectivity index (χ2v) is 6.14. The first-order chi connectivity index (χ1) is 11.6. The summed E-state index contributed by atoms with van der Waals surface area (Å²) in [5, 5.41) is 0.959. The van der Waals surface area contributed by atoms with Gasteiger partial charge in [0, 0.05) is 50.0 Å². The van der Waals surface area contributed by atoms with E-state index < -0.39 is 11.2 Å². The molecule has 0 bridgehead atoms. The Hall–Kier alpha value is -2.80. The second-order valence-electron chi connectivity index (χ2n) is 6.14. The highest BCUT2D eigenvalue weighted by Crippen LogP contribution is 2.30. The van der Waals surface area contributed by atoms with Gasteiger partial charge in [0.1, 0.15) is 0 Å². The highest BCUT2D eigenvalue weighted by molar-refractivity contribution is 5.97. The van der Waals surface area contributed by atoms with Crippen LogP contribution in [0.2, 0.25) is 0 Å². The molecule has 0 spiro atoms. The number of aromatic nitrogens is 3. The number of aromatic amines is 2. The van der Waals surface area contributed by atoms with Gasteiger partial charge in [0.25, 0.3) is 5.56 Å². The summed E-state index contributed by atoms with van der Waals surface area (Å²) in [4.78, 5) is 33.7. The fraction of sp³-hybridized carbons (Fsp3) is 0.294. The van der Waals surface area contributed by atoms with Gasteiger partial charge in [-0.05, 0) is 25.2 Å². The number of H-pyrrole nitrogens is 2. The Kier molecular flexibility index (Phi) is 3.50. The van der Waals surface area contributed by atoms with Crippen LogP contribution in [0.1, 0.15) is 0 Å². The van der Waals surface area contributed by atoms with Crippen molar-refractivity contribution in [1.82, 2.24) is 19.4 Å². The van der Waals surface area contributed by atoms with Crippen molar-refractivity contribution < 1.29 is 0 Å². The number of hydrogen-bond acceptors (Lipinski definition) is 4. The van der Waals surface area contributed by atoms with Crippen molar-refractivity contribution in [2.45, 2.75) is 0 Å². The lowest BCUT2D eigenvalue weighted by Gasteiger charge is -2.34. The number of nitrogens with one attached hydrogen (secondary N) is 2. The van der Waals surface area contributed by atoms with Gasteiger partial charge >= 0.3 is 5.69 Å². The maximum absolute atomic E-state index is 12.1. The number of fused-ring (bicyclic) bond motifs is 1. The van der Waals surface area contributed by atoms with E-state index in [1.54, 1.807) is 0 Å². The highest BCUT2D eigenvalue weighted by Gasteiger charge is 2.18. The molecule has 1 fully saturated rings. The van der Waals surface area contributed by atoms with Gasteiger partial charge in [-0.1, -0.05) is 0 Å². The van der Waals surface area contributed by atoms with Crippen molar-refractivity contribution in [3.05, 3.63) is 57.5 Å². The third kappa shape index (κ3) is 2.43. The fourth-order valence-corrected chi connectivity index (χ4v) is 3.25. The average Bonchev–Trinajstić information content (AvgIpc) is 3.05. The molecular weight excluding hydrogens is 306 g/mol. The number of likely N-dealkylation sites (N-methyl/N-ethyl adjacent to an activating group) is 1. The molecule has 24 heavy (non-hydrogen) atoms. The number of anilines is 1. The second kappa shape index (κ2) is 5.68. The zero-order valence-corrected chi connectivity index (χ0v) is 13.5. The predicted octanol–water partition coefficient (Wildman–Crippen LogP) is 0.759. The van der Waals surface area contributed by atoms with Crippen LogP contribution in [0, 0.1) is 0 Å². The first-order valence-electron chi connectivity index (χ1n) is 7.99. The van der Waals surface area contributed by atoms with E-state index in [-0.39, 0.29) is 0 Å². The summed E-state index contributed by atoms with van der Waals surface area (Å²) in [6.45, 7) is 4.01. The number of rotatable bonds is 2. The minimum atomic E-state index is -0.433. The topological polar surface area (TPSA) is 77.1 Å². The number of piperazine rings is 1. The van der Waals surface area contributed by atoms with Crippen molar-refractivity contribution >= 4 is 16.6 Å². The van der Waals surface area contributed by atoms with Gasteiger partial charge in [0.15, 0.2) is 0 Å². The van der Waals surface area contributed by atoms with Crippen LogP contribution in [0.25, 0.3) is 16.6 Å². The van der Waals surface area contributed by atoms with Crippen LogP contribution in [0.5, 0.6) is 0 Å². The molecule has 1 aromatic carbocycles. The zero-order valence-electron chi connectivity index (χ0n) is 13.5. The lowest BCUT2D eigenvalue weighted by atomic mass is 10.1. The molecule has 4 rings (SSSR count). The van der Waals surface area contributed by atoms with E-state index in [2.05, 4.69) is 26.8 Å². The SMILES string of the molecule is CN1CCN(c2ccc(-n3ccc(=O)[nH]c3=O)c3cc[nH]c23)CC1. The van der Waals surface area contributed by atoms with Crippen LogP contribution >= 0.6 is 0 Å². The van der Waals surface area contributed by atoms with Crippen LogP contribution in [0.4, 0.5) is 5.69 Å². The summed E-state index contributed by atoms with van der Waals surface area (Å²) in [5.74, 6) is 0. The van der Waals surface area contributed by atoms with E-state index in [0.717, 1.165) is 48.5 Å². The molecule has 1 aliphatic rings. The molecule has 1 aliphatic heterocycles. The molecule has 7 heteroatoms. The summed E-state index contributed by atoms with van der Waals surface area (Å²) in [5.41, 5.74) is 2.08. The molecule has 0 unspecified atom stereocenters. The largest absolute Gasteiger partial charge is 0.367 e. The van der Waals surface area contributed by atoms with Gasteiger partial charge in [-0.2, -0.15) is 0 Å².